The summed E-state index contributed by atoms with van der Waals surface area (Å²) >= 11 is 0. The van der Waals surface area contributed by atoms with E-state index in [4.69, 9.17) is 5.73 Å². The number of piperidine rings is 1. The normalized spacial score (nSPS) is 22.3. The van der Waals surface area contributed by atoms with E-state index in [0.29, 0.717) is 6.42 Å². The number of carbonyl (C=O) groups excluding carboxylic acids is 1. The lowest BCUT2D eigenvalue weighted by Gasteiger charge is -2.39. The van der Waals surface area contributed by atoms with Gasteiger partial charge in [-0.25, -0.2) is 0 Å². The van der Waals surface area contributed by atoms with Gasteiger partial charge in [0.25, 0.3) is 5.91 Å². The van der Waals surface area contributed by atoms with Crippen molar-refractivity contribution >= 4 is 5.91 Å². The minimum absolute atomic E-state index is 0.457. The molecule has 1 atom stereocenters. The van der Waals surface area contributed by atoms with Gasteiger partial charge < -0.3 is 10.8 Å². The third-order valence-corrected chi connectivity index (χ3v) is 3.15. The van der Waals surface area contributed by atoms with Crippen LogP contribution in [0.25, 0.3) is 0 Å². The van der Waals surface area contributed by atoms with Crippen molar-refractivity contribution in [1.82, 2.24) is 4.90 Å². The summed E-state index contributed by atoms with van der Waals surface area (Å²) < 4.78 is 0. The molecule has 0 aromatic rings. The largest absolute Gasteiger partial charge is 0.367 e. The predicted octanol–water partition coefficient (Wildman–Crippen LogP) is 0.836. The Morgan fingerprint density at radius 1 is 1.40 bits per heavy atom. The molecule has 88 valence electrons. The van der Waals surface area contributed by atoms with E-state index in [1.54, 1.807) is 0 Å². The summed E-state index contributed by atoms with van der Waals surface area (Å²) in [4.78, 5) is 13.2. The lowest BCUT2D eigenvalue weighted by molar-refractivity contribution is -0.165. The summed E-state index contributed by atoms with van der Waals surface area (Å²) in [5, 5.41) is 10.3. The first-order valence-corrected chi connectivity index (χ1v) is 5.88. The summed E-state index contributed by atoms with van der Waals surface area (Å²) in [6, 6.07) is 0. The standard InChI is InChI=1S/C11H22N2O2/c1-2-3-7-11(15,10(12)14)13-8-5-4-6-9-13/h15H,2-9H2,1H3,(H2,12,14). The number of primary amides is 1. The predicted molar refractivity (Wildman–Crippen MR) is 59.1 cm³/mol. The number of unbranched alkanes of at least 4 members (excludes halogenated alkanes) is 1. The van der Waals surface area contributed by atoms with Crippen LogP contribution in [0.2, 0.25) is 0 Å². The molecule has 4 heteroatoms. The molecule has 1 unspecified atom stereocenters. The minimum Gasteiger partial charge on any atom is -0.367 e. The monoisotopic (exact) mass is 214 g/mol. The number of nitrogens with zero attached hydrogens (tertiary/aromatic N) is 1. The van der Waals surface area contributed by atoms with E-state index >= 15 is 0 Å². The minimum atomic E-state index is -1.41. The van der Waals surface area contributed by atoms with E-state index < -0.39 is 11.6 Å². The Morgan fingerprint density at radius 2 is 2.00 bits per heavy atom. The highest BCUT2D eigenvalue weighted by molar-refractivity contribution is 5.82. The molecule has 0 bridgehead atoms. The van der Waals surface area contributed by atoms with E-state index in [1.807, 2.05) is 11.8 Å². The van der Waals surface area contributed by atoms with Gasteiger partial charge in [0.1, 0.15) is 0 Å². The summed E-state index contributed by atoms with van der Waals surface area (Å²) in [6.45, 7) is 3.60. The molecule has 1 aliphatic heterocycles. The van der Waals surface area contributed by atoms with E-state index in [9.17, 15) is 9.90 Å². The number of likely N-dealkylation sites (tertiary alicyclic amines) is 1. The van der Waals surface area contributed by atoms with Gasteiger partial charge >= 0.3 is 0 Å². The highest BCUT2D eigenvalue weighted by Gasteiger charge is 2.39. The van der Waals surface area contributed by atoms with Gasteiger partial charge in [-0.3, -0.25) is 9.69 Å². The number of rotatable bonds is 5. The third-order valence-electron chi connectivity index (χ3n) is 3.15. The molecular weight excluding hydrogens is 192 g/mol. The average molecular weight is 214 g/mol. The van der Waals surface area contributed by atoms with Crippen molar-refractivity contribution in [3.63, 3.8) is 0 Å². The van der Waals surface area contributed by atoms with Crippen LogP contribution in [-0.2, 0) is 4.79 Å². The number of hydrogen-bond acceptors (Lipinski definition) is 3. The third kappa shape index (κ3) is 2.92. The van der Waals surface area contributed by atoms with Gasteiger partial charge in [0.2, 0.25) is 0 Å². The Morgan fingerprint density at radius 3 is 2.47 bits per heavy atom. The molecule has 1 rings (SSSR count). The fraction of sp³-hybridized carbons (Fsp3) is 0.909. The first-order chi connectivity index (χ1) is 7.11. The van der Waals surface area contributed by atoms with Crippen LogP contribution in [0.3, 0.4) is 0 Å². The molecule has 0 saturated carbocycles. The van der Waals surface area contributed by atoms with Crippen molar-refractivity contribution in [3.05, 3.63) is 0 Å². The van der Waals surface area contributed by atoms with Crippen molar-refractivity contribution < 1.29 is 9.90 Å². The van der Waals surface area contributed by atoms with Crippen LogP contribution in [0.1, 0.15) is 45.4 Å². The Balaban J connectivity index is 2.65. The molecule has 1 saturated heterocycles. The lowest BCUT2D eigenvalue weighted by atomic mass is 9.99. The van der Waals surface area contributed by atoms with Crippen LogP contribution in [0.5, 0.6) is 0 Å². The quantitative estimate of drug-likeness (QED) is 0.712. The molecule has 4 nitrogen and oxygen atoms in total. The highest BCUT2D eigenvalue weighted by Crippen LogP contribution is 2.23. The first-order valence-electron chi connectivity index (χ1n) is 5.88. The fourth-order valence-corrected chi connectivity index (χ4v) is 2.12. The Bertz CT molecular complexity index is 215. The SMILES string of the molecule is CCCCC(O)(C(N)=O)N1CCCCC1. The zero-order valence-corrected chi connectivity index (χ0v) is 9.54. The summed E-state index contributed by atoms with van der Waals surface area (Å²) in [5.74, 6) is -0.599. The molecule has 15 heavy (non-hydrogen) atoms. The van der Waals surface area contributed by atoms with Gasteiger partial charge in [-0.05, 0) is 25.7 Å². The number of amides is 1. The van der Waals surface area contributed by atoms with E-state index in [1.165, 1.54) is 6.42 Å². The number of carbonyl (C=O) groups is 1. The first kappa shape index (κ1) is 12.5. The van der Waals surface area contributed by atoms with Gasteiger partial charge in [0.15, 0.2) is 5.72 Å². The molecule has 0 spiro atoms. The van der Waals surface area contributed by atoms with Crippen molar-refractivity contribution in [2.45, 2.75) is 51.2 Å². The number of hydrogen-bond donors (Lipinski definition) is 2. The Labute approximate surface area is 91.4 Å². The van der Waals surface area contributed by atoms with Crippen molar-refractivity contribution in [1.29, 1.82) is 0 Å². The zero-order valence-electron chi connectivity index (χ0n) is 9.54. The maximum atomic E-state index is 11.4. The molecule has 0 radical (unpaired) electrons. The lowest BCUT2D eigenvalue weighted by Crippen LogP contribution is -2.59. The van der Waals surface area contributed by atoms with Gasteiger partial charge in [-0.1, -0.05) is 19.8 Å². The smallest absolute Gasteiger partial charge is 0.264 e. The van der Waals surface area contributed by atoms with Crippen LogP contribution in [-0.4, -0.2) is 34.7 Å². The Kier molecular flexibility index (Phi) is 4.54. The van der Waals surface area contributed by atoms with Crippen molar-refractivity contribution in [2.75, 3.05) is 13.1 Å². The second kappa shape index (κ2) is 5.47. The molecule has 1 fully saturated rings. The van der Waals surface area contributed by atoms with E-state index in [0.717, 1.165) is 38.8 Å². The van der Waals surface area contributed by atoms with Gasteiger partial charge in [-0.15, -0.1) is 0 Å². The molecule has 0 aliphatic carbocycles. The second-order valence-electron chi connectivity index (χ2n) is 4.33. The van der Waals surface area contributed by atoms with Crippen LogP contribution >= 0.6 is 0 Å². The van der Waals surface area contributed by atoms with Crippen molar-refractivity contribution in [2.24, 2.45) is 5.73 Å². The van der Waals surface area contributed by atoms with E-state index in [-0.39, 0.29) is 0 Å². The maximum Gasteiger partial charge on any atom is 0.264 e. The van der Waals surface area contributed by atoms with Crippen LogP contribution in [0.15, 0.2) is 0 Å². The molecule has 0 aromatic heterocycles. The van der Waals surface area contributed by atoms with Crippen molar-refractivity contribution in [3.8, 4) is 0 Å². The summed E-state index contributed by atoms with van der Waals surface area (Å²) in [5.41, 5.74) is 3.91. The molecule has 0 aromatic carbocycles. The van der Waals surface area contributed by atoms with E-state index in [2.05, 4.69) is 0 Å². The van der Waals surface area contributed by atoms with Gasteiger partial charge in [-0.2, -0.15) is 0 Å². The van der Waals surface area contributed by atoms with Crippen LogP contribution in [0.4, 0.5) is 0 Å². The van der Waals surface area contributed by atoms with Gasteiger partial charge in [0.05, 0.1) is 0 Å². The number of aliphatic hydroxyl groups is 1. The summed E-state index contributed by atoms with van der Waals surface area (Å²) in [6.07, 6.45) is 5.51. The average Bonchev–Trinajstić information content (AvgIpc) is 2.27. The maximum absolute atomic E-state index is 11.4. The molecule has 3 N–H and O–H groups in total. The summed E-state index contributed by atoms with van der Waals surface area (Å²) in [7, 11) is 0. The number of nitrogens with two attached hydrogens (primary N) is 1. The fourth-order valence-electron chi connectivity index (χ4n) is 2.12. The molecule has 1 aliphatic rings. The molecule has 1 heterocycles. The second-order valence-corrected chi connectivity index (χ2v) is 4.33. The Hall–Kier alpha value is -0.610. The molecule has 1 amide bonds. The highest BCUT2D eigenvalue weighted by atomic mass is 16.3. The van der Waals surface area contributed by atoms with Crippen LogP contribution < -0.4 is 5.73 Å². The molecular formula is C11H22N2O2. The van der Waals surface area contributed by atoms with Crippen LogP contribution in [0, 0.1) is 0 Å². The topological polar surface area (TPSA) is 66.6 Å². The van der Waals surface area contributed by atoms with Gasteiger partial charge in [0, 0.05) is 13.1 Å². The zero-order chi connectivity index (χ0) is 11.3.